The van der Waals surface area contributed by atoms with Crippen LogP contribution in [0.4, 0.5) is 0 Å². The van der Waals surface area contributed by atoms with Crippen molar-refractivity contribution >= 4 is 39.6 Å². The monoisotopic (exact) mass is 428 g/mol. The predicted octanol–water partition coefficient (Wildman–Crippen LogP) is 4.40. The summed E-state index contributed by atoms with van der Waals surface area (Å²) >= 11 is 6.28. The summed E-state index contributed by atoms with van der Waals surface area (Å²) in [5.41, 5.74) is 2.34. The van der Waals surface area contributed by atoms with Gasteiger partial charge in [-0.25, -0.2) is 9.97 Å². The zero-order valence-corrected chi connectivity index (χ0v) is 18.1. The number of fused-ring (bicyclic) bond motifs is 2. The third-order valence-electron chi connectivity index (χ3n) is 5.13. The quantitative estimate of drug-likeness (QED) is 0.535. The van der Waals surface area contributed by atoms with E-state index in [-0.39, 0.29) is 5.91 Å². The average Bonchev–Trinajstić information content (AvgIpc) is 3.55. The van der Waals surface area contributed by atoms with Crippen LogP contribution in [0.5, 0.6) is 11.5 Å². The normalized spacial score (nSPS) is 13.8. The SMILES string of the molecule is COc1c(Cl)cnc2c(OCCC3CC3)c3nccc(C(=O)NCC(C)C)c3nc12. The van der Waals surface area contributed by atoms with Crippen LogP contribution in [0.3, 0.4) is 0 Å². The highest BCUT2D eigenvalue weighted by Gasteiger charge is 2.24. The van der Waals surface area contributed by atoms with Crippen LogP contribution in [0.15, 0.2) is 18.5 Å². The maximum Gasteiger partial charge on any atom is 0.253 e. The Balaban J connectivity index is 1.87. The smallest absolute Gasteiger partial charge is 0.253 e. The summed E-state index contributed by atoms with van der Waals surface area (Å²) < 4.78 is 11.6. The van der Waals surface area contributed by atoms with Crippen molar-refractivity contribution in [3.05, 3.63) is 29.0 Å². The molecule has 1 amide bonds. The Morgan fingerprint density at radius 1 is 1.20 bits per heavy atom. The lowest BCUT2D eigenvalue weighted by molar-refractivity contribution is 0.0950. The number of rotatable bonds is 8. The van der Waals surface area contributed by atoms with Crippen LogP contribution >= 0.6 is 11.6 Å². The second-order valence-corrected chi connectivity index (χ2v) is 8.42. The number of hydrogen-bond acceptors (Lipinski definition) is 6. The Hall–Kier alpha value is -2.67. The molecule has 0 aromatic carbocycles. The number of aromatic nitrogens is 3. The Bertz CT molecular complexity index is 1100. The van der Waals surface area contributed by atoms with Gasteiger partial charge in [-0.2, -0.15) is 0 Å². The van der Waals surface area contributed by atoms with E-state index >= 15 is 0 Å². The van der Waals surface area contributed by atoms with Gasteiger partial charge in [0.25, 0.3) is 5.91 Å². The molecule has 4 rings (SSSR count). The topological polar surface area (TPSA) is 86.2 Å². The van der Waals surface area contributed by atoms with Gasteiger partial charge in [0.1, 0.15) is 27.1 Å². The molecule has 3 heterocycles. The molecule has 0 radical (unpaired) electrons. The number of nitrogens with one attached hydrogen (secondary N) is 1. The Kier molecular flexibility index (Phi) is 5.90. The molecule has 1 aliphatic rings. The fraction of sp³-hybridized carbons (Fsp3) is 0.455. The molecule has 0 spiro atoms. The van der Waals surface area contributed by atoms with E-state index in [1.807, 2.05) is 13.8 Å². The predicted molar refractivity (Wildman–Crippen MR) is 116 cm³/mol. The van der Waals surface area contributed by atoms with Gasteiger partial charge in [-0.05, 0) is 24.3 Å². The summed E-state index contributed by atoms with van der Waals surface area (Å²) in [6.07, 6.45) is 6.59. The second kappa shape index (κ2) is 8.60. The number of carbonyl (C=O) groups is 1. The first-order valence-electron chi connectivity index (χ1n) is 10.2. The van der Waals surface area contributed by atoms with Crippen molar-refractivity contribution in [2.24, 2.45) is 11.8 Å². The molecule has 0 atom stereocenters. The number of methoxy groups -OCH3 is 1. The van der Waals surface area contributed by atoms with Gasteiger partial charge in [0.05, 0.1) is 25.5 Å². The Morgan fingerprint density at radius 3 is 2.67 bits per heavy atom. The average molecular weight is 429 g/mol. The molecule has 3 aromatic heterocycles. The van der Waals surface area contributed by atoms with Gasteiger partial charge in [-0.1, -0.05) is 38.3 Å². The molecule has 0 unspecified atom stereocenters. The van der Waals surface area contributed by atoms with Crippen molar-refractivity contribution in [1.82, 2.24) is 20.3 Å². The number of halogens is 1. The van der Waals surface area contributed by atoms with Gasteiger partial charge in [0.2, 0.25) is 0 Å². The summed E-state index contributed by atoms with van der Waals surface area (Å²) in [7, 11) is 1.53. The minimum atomic E-state index is -0.208. The van der Waals surface area contributed by atoms with E-state index in [1.54, 1.807) is 12.3 Å². The molecule has 158 valence electrons. The van der Waals surface area contributed by atoms with Crippen molar-refractivity contribution in [3.63, 3.8) is 0 Å². The van der Waals surface area contributed by atoms with E-state index in [1.165, 1.54) is 26.1 Å². The summed E-state index contributed by atoms with van der Waals surface area (Å²) in [6.45, 7) is 5.21. The van der Waals surface area contributed by atoms with Crippen molar-refractivity contribution < 1.29 is 14.3 Å². The summed E-state index contributed by atoms with van der Waals surface area (Å²) in [5, 5.41) is 3.29. The number of ether oxygens (including phenoxy) is 2. The number of hydrogen-bond donors (Lipinski definition) is 1. The van der Waals surface area contributed by atoms with Gasteiger partial charge in [0, 0.05) is 12.7 Å². The van der Waals surface area contributed by atoms with Gasteiger partial charge in [-0.15, -0.1) is 0 Å². The van der Waals surface area contributed by atoms with E-state index in [0.29, 0.717) is 63.2 Å². The van der Waals surface area contributed by atoms with Crippen molar-refractivity contribution in [3.8, 4) is 11.5 Å². The molecule has 30 heavy (non-hydrogen) atoms. The van der Waals surface area contributed by atoms with Gasteiger partial charge in [-0.3, -0.25) is 9.78 Å². The largest absolute Gasteiger partial charge is 0.493 e. The number of carbonyl (C=O) groups excluding carboxylic acids is 1. The highest BCUT2D eigenvalue weighted by Crippen LogP contribution is 2.39. The summed E-state index contributed by atoms with van der Waals surface area (Å²) in [6, 6.07) is 1.66. The van der Waals surface area contributed by atoms with Crippen LogP contribution in [0, 0.1) is 11.8 Å². The first-order chi connectivity index (χ1) is 14.5. The molecule has 1 saturated carbocycles. The van der Waals surface area contributed by atoms with E-state index in [0.717, 1.165) is 12.3 Å². The zero-order valence-electron chi connectivity index (χ0n) is 17.4. The van der Waals surface area contributed by atoms with Gasteiger partial charge >= 0.3 is 0 Å². The van der Waals surface area contributed by atoms with E-state index in [2.05, 4.69) is 15.3 Å². The van der Waals surface area contributed by atoms with Crippen LogP contribution in [-0.2, 0) is 0 Å². The standard InChI is InChI=1S/C22H25ClN4O3/c1-12(2)10-26-22(28)14-6-8-24-17-16(14)27-19-18(25-11-15(23)20(19)29-3)21(17)30-9-7-13-4-5-13/h6,8,11-13H,4-5,7,9-10H2,1-3H3,(H,26,28). The van der Waals surface area contributed by atoms with Crippen molar-refractivity contribution in [1.29, 1.82) is 0 Å². The Morgan fingerprint density at radius 2 is 1.97 bits per heavy atom. The molecule has 1 aliphatic carbocycles. The fourth-order valence-electron chi connectivity index (χ4n) is 3.33. The number of nitrogens with zero attached hydrogens (tertiary/aromatic N) is 3. The summed E-state index contributed by atoms with van der Waals surface area (Å²) in [4.78, 5) is 26.5. The van der Waals surface area contributed by atoms with E-state index < -0.39 is 0 Å². The van der Waals surface area contributed by atoms with Crippen LogP contribution in [-0.4, -0.2) is 41.1 Å². The Labute approximate surface area is 180 Å². The van der Waals surface area contributed by atoms with Crippen LogP contribution in [0.25, 0.3) is 22.1 Å². The minimum absolute atomic E-state index is 0.208. The van der Waals surface area contributed by atoms with Gasteiger partial charge in [0.15, 0.2) is 11.5 Å². The van der Waals surface area contributed by atoms with Crippen molar-refractivity contribution in [2.45, 2.75) is 33.1 Å². The molecular weight excluding hydrogens is 404 g/mol. The molecule has 0 bridgehead atoms. The fourth-order valence-corrected chi connectivity index (χ4v) is 3.54. The lowest BCUT2D eigenvalue weighted by Crippen LogP contribution is -2.27. The van der Waals surface area contributed by atoms with Gasteiger partial charge < -0.3 is 14.8 Å². The zero-order chi connectivity index (χ0) is 21.3. The molecule has 0 aliphatic heterocycles. The molecule has 7 nitrogen and oxygen atoms in total. The van der Waals surface area contributed by atoms with Crippen molar-refractivity contribution in [2.75, 3.05) is 20.3 Å². The first kappa shape index (κ1) is 20.6. The second-order valence-electron chi connectivity index (χ2n) is 8.02. The lowest BCUT2D eigenvalue weighted by Gasteiger charge is -2.15. The number of pyridine rings is 3. The van der Waals surface area contributed by atoms with E-state index in [9.17, 15) is 4.79 Å². The first-order valence-corrected chi connectivity index (χ1v) is 10.6. The summed E-state index contributed by atoms with van der Waals surface area (Å²) in [5.74, 6) is 1.75. The number of amides is 1. The molecule has 0 saturated heterocycles. The molecule has 1 N–H and O–H groups in total. The molecule has 3 aromatic rings. The van der Waals surface area contributed by atoms with E-state index in [4.69, 9.17) is 26.1 Å². The molecule has 1 fully saturated rings. The van der Waals surface area contributed by atoms with Crippen LogP contribution in [0.2, 0.25) is 5.02 Å². The lowest BCUT2D eigenvalue weighted by atomic mass is 10.1. The molecule has 8 heteroatoms. The van der Waals surface area contributed by atoms with Crippen LogP contribution < -0.4 is 14.8 Å². The third-order valence-corrected chi connectivity index (χ3v) is 5.40. The molecular formula is C22H25ClN4O3. The maximum absolute atomic E-state index is 12.9. The maximum atomic E-state index is 12.9. The minimum Gasteiger partial charge on any atom is -0.493 e. The highest BCUT2D eigenvalue weighted by molar-refractivity contribution is 6.33. The van der Waals surface area contributed by atoms with Crippen LogP contribution in [0.1, 0.15) is 43.5 Å². The highest BCUT2D eigenvalue weighted by atomic mass is 35.5. The third kappa shape index (κ3) is 4.12.